The molecule has 0 aromatic carbocycles. The van der Waals surface area contributed by atoms with Crippen LogP contribution >= 0.6 is 0 Å². The number of carboxylic acids is 1. The van der Waals surface area contributed by atoms with E-state index in [1.165, 1.54) is 6.20 Å². The Labute approximate surface area is 228 Å². The molecule has 2 aliphatic rings. The smallest absolute Gasteiger partial charge is 0.335 e. The molecule has 0 spiro atoms. The van der Waals surface area contributed by atoms with Crippen LogP contribution in [-0.4, -0.2) is 70.4 Å². The van der Waals surface area contributed by atoms with Gasteiger partial charge in [-0.15, -0.1) is 0 Å². The van der Waals surface area contributed by atoms with Gasteiger partial charge in [-0.2, -0.15) is 5.01 Å². The summed E-state index contributed by atoms with van der Waals surface area (Å²) in [5, 5.41) is 13.4. The van der Waals surface area contributed by atoms with Crippen LogP contribution in [0.5, 0.6) is 0 Å². The van der Waals surface area contributed by atoms with Gasteiger partial charge in [-0.3, -0.25) is 9.80 Å². The van der Waals surface area contributed by atoms with Gasteiger partial charge in [0.1, 0.15) is 6.67 Å². The number of hydrazine groups is 1. The molecular weight excluding hydrogens is 478 g/mol. The quantitative estimate of drug-likeness (QED) is 0.114. The number of aliphatic imine (C=N–C) groups is 2. The van der Waals surface area contributed by atoms with Gasteiger partial charge >= 0.3 is 5.97 Å². The molecule has 0 radical (unpaired) electrons. The normalized spacial score (nSPS) is 21.9. The number of allylic oxidation sites excluding steroid dienone is 5. The van der Waals surface area contributed by atoms with Crippen LogP contribution in [-0.2, 0) is 9.59 Å². The number of aliphatic carboxylic acids is 1. The van der Waals surface area contributed by atoms with Gasteiger partial charge < -0.3 is 10.0 Å². The maximum absolute atomic E-state index is 11.9. The highest BCUT2D eigenvalue weighted by atomic mass is 16.4. The van der Waals surface area contributed by atoms with E-state index < -0.39 is 5.97 Å². The highest BCUT2D eigenvalue weighted by molar-refractivity contribution is 6.01. The van der Waals surface area contributed by atoms with Crippen molar-refractivity contribution in [3.05, 3.63) is 59.9 Å². The average molecular weight is 524 g/mol. The van der Waals surface area contributed by atoms with Crippen LogP contribution in [0.25, 0.3) is 0 Å². The minimum absolute atomic E-state index is 0.0176. The number of carbonyl (C=O) groups excluding carboxylic acids is 1. The van der Waals surface area contributed by atoms with Crippen molar-refractivity contribution in [3.63, 3.8) is 0 Å². The van der Waals surface area contributed by atoms with Crippen LogP contribution in [0.15, 0.2) is 69.9 Å². The SMILES string of the molecule is C=CN=C(N=C(CN(C=O)C(C)C)C(C)/C(=C/C(CC)C1CC=C(C(=O)O)C=C1C)C(=C)CC)N1CN1C. The fraction of sp³-hybridized carbons (Fsp3) is 0.533. The maximum Gasteiger partial charge on any atom is 0.335 e. The van der Waals surface area contributed by atoms with Crippen LogP contribution in [0.3, 0.4) is 0 Å². The van der Waals surface area contributed by atoms with E-state index in [2.05, 4.69) is 45.0 Å². The summed E-state index contributed by atoms with van der Waals surface area (Å²) >= 11 is 0. The Balaban J connectivity index is 2.55. The van der Waals surface area contributed by atoms with E-state index in [4.69, 9.17) is 4.99 Å². The van der Waals surface area contributed by atoms with Crippen molar-refractivity contribution in [3.8, 4) is 0 Å². The zero-order valence-electron chi connectivity index (χ0n) is 24.1. The van der Waals surface area contributed by atoms with Crippen LogP contribution in [0.1, 0.15) is 60.8 Å². The first-order chi connectivity index (χ1) is 18.0. The zero-order valence-corrected chi connectivity index (χ0v) is 24.1. The Morgan fingerprint density at radius 1 is 1.32 bits per heavy atom. The minimum atomic E-state index is -0.889. The van der Waals surface area contributed by atoms with Gasteiger partial charge in [-0.1, -0.05) is 57.2 Å². The molecule has 208 valence electrons. The topological polar surface area (TPSA) is 88.4 Å². The molecule has 0 bridgehead atoms. The fourth-order valence-corrected chi connectivity index (χ4v) is 4.76. The molecule has 8 nitrogen and oxygen atoms in total. The largest absolute Gasteiger partial charge is 0.478 e. The number of hydrogen-bond acceptors (Lipinski definition) is 4. The van der Waals surface area contributed by atoms with Gasteiger partial charge in [-0.05, 0) is 63.5 Å². The number of carboxylic acid groups (broad SMARTS) is 1. The summed E-state index contributed by atoms with van der Waals surface area (Å²) in [6, 6.07) is 0.0176. The second-order valence-corrected chi connectivity index (χ2v) is 10.4. The van der Waals surface area contributed by atoms with E-state index in [0.717, 1.165) is 48.4 Å². The molecular formula is C30H45N5O3. The lowest BCUT2D eigenvalue weighted by atomic mass is 9.76. The van der Waals surface area contributed by atoms with E-state index in [-0.39, 0.29) is 23.8 Å². The van der Waals surface area contributed by atoms with E-state index in [1.807, 2.05) is 43.9 Å². The highest BCUT2D eigenvalue weighted by Crippen LogP contribution is 2.36. The summed E-state index contributed by atoms with van der Waals surface area (Å²) in [7, 11) is 1.96. The first kappa shape index (κ1) is 31.0. The van der Waals surface area contributed by atoms with E-state index in [0.29, 0.717) is 24.5 Å². The minimum Gasteiger partial charge on any atom is -0.478 e. The molecule has 1 fully saturated rings. The van der Waals surface area contributed by atoms with Crippen LogP contribution < -0.4 is 0 Å². The third kappa shape index (κ3) is 7.87. The lowest BCUT2D eigenvalue weighted by molar-refractivity contribution is -0.132. The van der Waals surface area contributed by atoms with Gasteiger partial charge in [0.15, 0.2) is 0 Å². The molecule has 1 heterocycles. The summed E-state index contributed by atoms with van der Waals surface area (Å²) in [5.41, 5.74) is 4.39. The molecule has 1 aliphatic heterocycles. The Kier molecular flexibility index (Phi) is 11.4. The van der Waals surface area contributed by atoms with Crippen molar-refractivity contribution in [2.24, 2.45) is 27.7 Å². The Hall–Kier alpha value is -3.26. The molecule has 1 saturated heterocycles. The number of nitrogens with zero attached hydrogens (tertiary/aromatic N) is 5. The number of guanidine groups is 1. The van der Waals surface area contributed by atoms with Gasteiger partial charge in [-0.25, -0.2) is 14.8 Å². The molecule has 0 aromatic rings. The summed E-state index contributed by atoms with van der Waals surface area (Å²) in [5.74, 6) is -0.0472. The van der Waals surface area contributed by atoms with Crippen molar-refractivity contribution in [1.29, 1.82) is 0 Å². The Morgan fingerprint density at radius 2 is 1.97 bits per heavy atom. The molecule has 1 amide bonds. The van der Waals surface area contributed by atoms with Gasteiger partial charge in [0.2, 0.25) is 12.4 Å². The first-order valence-electron chi connectivity index (χ1n) is 13.5. The van der Waals surface area contributed by atoms with Crippen LogP contribution in [0.2, 0.25) is 0 Å². The third-order valence-corrected chi connectivity index (χ3v) is 7.48. The Bertz CT molecular complexity index is 1070. The van der Waals surface area contributed by atoms with Crippen molar-refractivity contribution in [1.82, 2.24) is 14.9 Å². The molecule has 38 heavy (non-hydrogen) atoms. The summed E-state index contributed by atoms with van der Waals surface area (Å²) in [6.45, 7) is 21.6. The summed E-state index contributed by atoms with van der Waals surface area (Å²) in [6.07, 6.45) is 10.7. The molecule has 0 aromatic heterocycles. The number of amides is 1. The number of hydrogen-bond donors (Lipinski definition) is 1. The van der Waals surface area contributed by atoms with Gasteiger partial charge in [0, 0.05) is 30.9 Å². The average Bonchev–Trinajstić information content (AvgIpc) is 3.62. The first-order valence-corrected chi connectivity index (χ1v) is 13.5. The fourth-order valence-electron chi connectivity index (χ4n) is 4.76. The van der Waals surface area contributed by atoms with Gasteiger partial charge in [0.05, 0.1) is 12.1 Å². The van der Waals surface area contributed by atoms with Crippen LogP contribution in [0.4, 0.5) is 0 Å². The number of carbonyl (C=O) groups is 2. The monoisotopic (exact) mass is 523 g/mol. The van der Waals surface area contributed by atoms with Crippen LogP contribution in [0, 0.1) is 17.8 Å². The van der Waals surface area contributed by atoms with Crippen molar-refractivity contribution < 1.29 is 14.7 Å². The van der Waals surface area contributed by atoms with Crippen molar-refractivity contribution in [2.75, 3.05) is 20.3 Å². The molecule has 4 unspecified atom stereocenters. The molecule has 1 N–H and O–H groups in total. The Morgan fingerprint density at radius 3 is 2.42 bits per heavy atom. The second-order valence-electron chi connectivity index (χ2n) is 10.4. The second kappa shape index (κ2) is 14.0. The lowest BCUT2D eigenvalue weighted by Crippen LogP contribution is -2.38. The molecule has 8 heteroatoms. The predicted octanol–water partition coefficient (Wildman–Crippen LogP) is 5.45. The highest BCUT2D eigenvalue weighted by Gasteiger charge is 2.32. The van der Waals surface area contributed by atoms with Crippen molar-refractivity contribution in [2.45, 2.75) is 66.8 Å². The zero-order chi connectivity index (χ0) is 28.6. The van der Waals surface area contributed by atoms with E-state index in [1.54, 1.807) is 11.0 Å². The predicted molar refractivity (Wildman–Crippen MR) is 155 cm³/mol. The standard InChI is InChI=1S/C30H45N5O3/c1-10-21(6)27(16-24(11-2)26-14-13-25(29(37)38)15-22(26)7)23(8)28(17-34(19-36)20(4)5)32-30(31-12-3)35-18-33(35)9/h12-13,15-16,19-20,23-24,26H,3,6,10-11,14,17-18H2,1-2,4-5,7-9H3,(H,37,38)/b27-16+,31-30?,32-28?. The summed E-state index contributed by atoms with van der Waals surface area (Å²) < 4.78 is 0. The summed E-state index contributed by atoms with van der Waals surface area (Å²) in [4.78, 5) is 34.6. The molecule has 4 atom stereocenters. The third-order valence-electron chi connectivity index (χ3n) is 7.48. The molecule has 1 aliphatic carbocycles. The molecule has 2 rings (SSSR count). The van der Waals surface area contributed by atoms with Gasteiger partial charge in [0.25, 0.3) is 0 Å². The van der Waals surface area contributed by atoms with E-state index in [9.17, 15) is 14.7 Å². The number of rotatable bonds is 13. The van der Waals surface area contributed by atoms with Crippen molar-refractivity contribution >= 4 is 24.1 Å². The lowest BCUT2D eigenvalue weighted by Gasteiger charge is -2.30. The van der Waals surface area contributed by atoms with E-state index >= 15 is 0 Å². The maximum atomic E-state index is 11.9. The molecule has 0 saturated carbocycles.